The molecule has 9 nitrogen and oxygen atoms in total. The standard InChI is InChI=1S/C21H10Cl2F3N3O6/c22-11-5-7-16(28(32)33)13(9-11)19(30)27(18-4-2-1-3-15(18)21(24,25)26)20(31)14-10-12(23)6-8-17(14)29(34)35/h1-10H. The fraction of sp³-hybridized carbons (Fsp3) is 0.0476. The molecule has 0 aliphatic rings. The van der Waals surface area contributed by atoms with E-state index >= 15 is 0 Å². The van der Waals surface area contributed by atoms with Gasteiger partial charge in [0.1, 0.15) is 11.1 Å². The molecule has 3 aromatic carbocycles. The van der Waals surface area contributed by atoms with E-state index in [1.54, 1.807) is 0 Å². The number of hydrogen-bond acceptors (Lipinski definition) is 6. The highest BCUT2D eigenvalue weighted by molar-refractivity contribution is 6.33. The molecular weight excluding hydrogens is 518 g/mol. The number of benzene rings is 3. The minimum atomic E-state index is -5.07. The first-order chi connectivity index (χ1) is 16.3. The van der Waals surface area contributed by atoms with E-state index in [9.17, 15) is 43.0 Å². The van der Waals surface area contributed by atoms with E-state index in [-0.39, 0.29) is 14.9 Å². The van der Waals surface area contributed by atoms with Crippen molar-refractivity contribution in [3.63, 3.8) is 0 Å². The number of nitro groups is 2. The van der Waals surface area contributed by atoms with Gasteiger partial charge in [-0.15, -0.1) is 0 Å². The molecule has 0 saturated carbocycles. The van der Waals surface area contributed by atoms with Crippen LogP contribution in [0.5, 0.6) is 0 Å². The Morgan fingerprint density at radius 2 is 1.20 bits per heavy atom. The zero-order valence-corrected chi connectivity index (χ0v) is 18.5. The Balaban J connectivity index is 2.36. The molecule has 14 heteroatoms. The van der Waals surface area contributed by atoms with Crippen LogP contribution in [-0.2, 0) is 6.18 Å². The van der Waals surface area contributed by atoms with Crippen LogP contribution in [0.3, 0.4) is 0 Å². The monoisotopic (exact) mass is 527 g/mol. The summed E-state index contributed by atoms with van der Waals surface area (Å²) in [5.74, 6) is -3.15. The van der Waals surface area contributed by atoms with E-state index < -0.39 is 61.6 Å². The van der Waals surface area contributed by atoms with Crippen molar-refractivity contribution in [2.24, 2.45) is 0 Å². The Kier molecular flexibility index (Phi) is 7.08. The molecule has 0 aliphatic carbocycles. The number of carbonyl (C=O) groups excluding carboxylic acids is 2. The van der Waals surface area contributed by atoms with Crippen molar-refractivity contribution in [3.8, 4) is 0 Å². The molecule has 0 unspecified atom stereocenters. The summed E-state index contributed by atoms with van der Waals surface area (Å²) >= 11 is 11.7. The van der Waals surface area contributed by atoms with Crippen LogP contribution in [0.1, 0.15) is 26.3 Å². The van der Waals surface area contributed by atoms with Gasteiger partial charge < -0.3 is 0 Å². The van der Waals surface area contributed by atoms with Crippen molar-refractivity contribution in [2.75, 3.05) is 4.90 Å². The summed E-state index contributed by atoms with van der Waals surface area (Å²) in [5.41, 5.74) is -5.82. The third-order valence-electron chi connectivity index (χ3n) is 4.63. The third-order valence-corrected chi connectivity index (χ3v) is 5.10. The molecule has 0 radical (unpaired) electrons. The minimum Gasteiger partial charge on any atom is -0.268 e. The number of anilines is 1. The zero-order chi connectivity index (χ0) is 26.1. The Morgan fingerprint density at radius 3 is 1.60 bits per heavy atom. The summed E-state index contributed by atoms with van der Waals surface area (Å²) in [6.07, 6.45) is -5.07. The number of halogens is 5. The summed E-state index contributed by atoms with van der Waals surface area (Å²) in [6, 6.07) is 8.79. The lowest BCUT2D eigenvalue weighted by Gasteiger charge is -2.24. The van der Waals surface area contributed by atoms with Gasteiger partial charge in [-0.2, -0.15) is 13.2 Å². The molecule has 0 aromatic heterocycles. The van der Waals surface area contributed by atoms with Crippen LogP contribution in [0.15, 0.2) is 60.7 Å². The van der Waals surface area contributed by atoms with Gasteiger partial charge in [-0.05, 0) is 36.4 Å². The van der Waals surface area contributed by atoms with Gasteiger partial charge >= 0.3 is 6.18 Å². The molecule has 0 bridgehead atoms. The average Bonchev–Trinajstić information content (AvgIpc) is 2.78. The normalized spacial score (nSPS) is 11.1. The number of nitrogens with zero attached hydrogens (tertiary/aromatic N) is 3. The van der Waals surface area contributed by atoms with Gasteiger partial charge in [0.2, 0.25) is 0 Å². The lowest BCUT2D eigenvalue weighted by molar-refractivity contribution is -0.385. The minimum absolute atomic E-state index is 0.0276. The predicted molar refractivity (Wildman–Crippen MR) is 119 cm³/mol. The van der Waals surface area contributed by atoms with E-state index in [1.165, 1.54) is 0 Å². The number of hydrogen-bond donors (Lipinski definition) is 0. The van der Waals surface area contributed by atoms with Crippen LogP contribution in [-0.4, -0.2) is 21.7 Å². The number of alkyl halides is 3. The Bertz CT molecular complexity index is 1310. The number of rotatable bonds is 5. The number of imide groups is 1. The van der Waals surface area contributed by atoms with Crippen LogP contribution in [0.25, 0.3) is 0 Å². The number of carbonyl (C=O) groups is 2. The van der Waals surface area contributed by atoms with Crippen LogP contribution in [0.2, 0.25) is 10.0 Å². The first-order valence-electron chi connectivity index (χ1n) is 9.25. The van der Waals surface area contributed by atoms with Gasteiger partial charge in [0.15, 0.2) is 0 Å². The molecular formula is C21H10Cl2F3N3O6. The van der Waals surface area contributed by atoms with Gasteiger partial charge in [-0.3, -0.25) is 29.8 Å². The molecule has 0 fully saturated rings. The molecule has 0 heterocycles. The van der Waals surface area contributed by atoms with Crippen molar-refractivity contribution in [1.82, 2.24) is 0 Å². The third kappa shape index (κ3) is 5.23. The van der Waals surface area contributed by atoms with Gasteiger partial charge in [-0.1, -0.05) is 35.3 Å². The number of amides is 2. The van der Waals surface area contributed by atoms with Crippen molar-refractivity contribution in [3.05, 3.63) is 108 Å². The van der Waals surface area contributed by atoms with Crippen LogP contribution in [0, 0.1) is 20.2 Å². The summed E-state index contributed by atoms with van der Waals surface area (Å²) in [4.78, 5) is 47.8. The summed E-state index contributed by atoms with van der Waals surface area (Å²) in [6.45, 7) is 0. The van der Waals surface area contributed by atoms with Crippen LogP contribution >= 0.6 is 23.2 Å². The van der Waals surface area contributed by atoms with Gasteiger partial charge in [0.05, 0.1) is 21.1 Å². The second-order valence-electron chi connectivity index (χ2n) is 6.80. The SMILES string of the molecule is O=C(c1cc(Cl)ccc1[N+](=O)[O-])N(C(=O)c1cc(Cl)ccc1[N+](=O)[O-])c1ccccc1C(F)(F)F. The van der Waals surface area contributed by atoms with E-state index in [0.717, 1.165) is 54.6 Å². The van der Waals surface area contributed by atoms with Crippen molar-refractivity contribution < 1.29 is 32.6 Å². The maximum absolute atomic E-state index is 13.8. The first-order valence-corrected chi connectivity index (χ1v) is 10.0. The largest absolute Gasteiger partial charge is 0.418 e. The van der Waals surface area contributed by atoms with Crippen molar-refractivity contribution in [1.29, 1.82) is 0 Å². The van der Waals surface area contributed by atoms with E-state index in [2.05, 4.69) is 0 Å². The van der Waals surface area contributed by atoms with Gasteiger partial charge in [0, 0.05) is 22.2 Å². The fourth-order valence-electron chi connectivity index (χ4n) is 3.14. The smallest absolute Gasteiger partial charge is 0.268 e. The maximum atomic E-state index is 13.8. The van der Waals surface area contributed by atoms with Gasteiger partial charge in [0.25, 0.3) is 23.2 Å². The summed E-state index contributed by atoms with van der Waals surface area (Å²) < 4.78 is 41.3. The summed E-state index contributed by atoms with van der Waals surface area (Å²) in [5, 5.41) is 22.6. The van der Waals surface area contributed by atoms with E-state index in [0.29, 0.717) is 6.07 Å². The molecule has 2 amide bonds. The topological polar surface area (TPSA) is 124 Å². The highest BCUT2D eigenvalue weighted by Gasteiger charge is 2.40. The number of para-hydroxylation sites is 1. The highest BCUT2D eigenvalue weighted by Crippen LogP contribution is 2.39. The quantitative estimate of drug-likeness (QED) is 0.217. The molecule has 35 heavy (non-hydrogen) atoms. The summed E-state index contributed by atoms with van der Waals surface area (Å²) in [7, 11) is 0. The van der Waals surface area contributed by atoms with Crippen LogP contribution in [0.4, 0.5) is 30.2 Å². The molecule has 180 valence electrons. The Morgan fingerprint density at radius 1 is 0.771 bits per heavy atom. The Hall–Kier alpha value is -4.03. The Labute approximate surface area is 203 Å². The molecule has 3 rings (SSSR count). The fourth-order valence-corrected chi connectivity index (χ4v) is 3.48. The maximum Gasteiger partial charge on any atom is 0.418 e. The second-order valence-corrected chi connectivity index (χ2v) is 7.67. The molecule has 0 N–H and O–H groups in total. The van der Waals surface area contributed by atoms with Crippen molar-refractivity contribution in [2.45, 2.75) is 6.18 Å². The molecule has 0 aliphatic heterocycles. The van der Waals surface area contributed by atoms with Crippen molar-refractivity contribution >= 4 is 52.1 Å². The number of nitro benzene ring substituents is 2. The lowest BCUT2D eigenvalue weighted by Crippen LogP contribution is -2.39. The van der Waals surface area contributed by atoms with E-state index in [1.807, 2.05) is 0 Å². The lowest BCUT2D eigenvalue weighted by atomic mass is 10.1. The average molecular weight is 528 g/mol. The molecule has 0 saturated heterocycles. The van der Waals surface area contributed by atoms with Gasteiger partial charge in [-0.25, -0.2) is 4.90 Å². The molecule has 0 atom stereocenters. The molecule has 3 aromatic rings. The zero-order valence-electron chi connectivity index (χ0n) is 17.0. The van der Waals surface area contributed by atoms with Crippen LogP contribution < -0.4 is 4.90 Å². The predicted octanol–water partition coefficient (Wildman–Crippen LogP) is 6.32. The second kappa shape index (κ2) is 9.68. The van der Waals surface area contributed by atoms with E-state index in [4.69, 9.17) is 23.2 Å². The highest BCUT2D eigenvalue weighted by atomic mass is 35.5. The molecule has 0 spiro atoms. The first kappa shape index (κ1) is 25.6.